The van der Waals surface area contributed by atoms with E-state index in [4.69, 9.17) is 0 Å². The molecule has 0 fully saturated rings. The molecule has 0 atom stereocenters. The fourth-order valence-electron chi connectivity index (χ4n) is 2.55. The lowest BCUT2D eigenvalue weighted by molar-refractivity contribution is 0.0955. The first kappa shape index (κ1) is 17.4. The van der Waals surface area contributed by atoms with Crippen molar-refractivity contribution in [3.05, 3.63) is 102 Å². The molecule has 0 unspecified atom stereocenters. The Hall–Kier alpha value is -3.46. The van der Waals surface area contributed by atoms with Gasteiger partial charge in [0.15, 0.2) is 0 Å². The van der Waals surface area contributed by atoms with E-state index in [1.165, 1.54) is 0 Å². The van der Waals surface area contributed by atoms with Crippen molar-refractivity contribution in [2.45, 2.75) is 6.92 Å². The lowest BCUT2D eigenvalue weighted by Gasteiger charge is -2.03. The normalized spacial score (nSPS) is 11.5. The van der Waals surface area contributed by atoms with Gasteiger partial charge in [-0.15, -0.1) is 0 Å². The monoisotopic (exact) mass is 340 g/mol. The molecule has 0 bridgehead atoms. The summed E-state index contributed by atoms with van der Waals surface area (Å²) in [5.41, 5.74) is 7.39. The van der Waals surface area contributed by atoms with E-state index in [1.54, 1.807) is 18.3 Å². The Morgan fingerprint density at radius 2 is 1.38 bits per heavy atom. The third-order valence-corrected chi connectivity index (χ3v) is 3.88. The van der Waals surface area contributed by atoms with E-state index in [1.807, 2.05) is 85.8 Å². The molecule has 0 spiro atoms. The number of amides is 1. The molecule has 0 aliphatic carbocycles. The standard InChI is InChI=1S/C23H20N2O/c1-18(16-19-8-4-2-5-9-19)17-24-25-23(26)22-14-12-21(13-15-22)20-10-6-3-7-11-20/h2-17H,1H3,(H,25,26). The van der Waals surface area contributed by atoms with Gasteiger partial charge in [0.2, 0.25) is 0 Å². The predicted molar refractivity (Wildman–Crippen MR) is 108 cm³/mol. The first-order valence-electron chi connectivity index (χ1n) is 8.44. The maximum Gasteiger partial charge on any atom is 0.271 e. The highest BCUT2D eigenvalue weighted by atomic mass is 16.2. The summed E-state index contributed by atoms with van der Waals surface area (Å²) >= 11 is 0. The first-order chi connectivity index (χ1) is 12.7. The molecule has 1 amide bonds. The van der Waals surface area contributed by atoms with Gasteiger partial charge in [0, 0.05) is 5.56 Å². The first-order valence-corrected chi connectivity index (χ1v) is 8.44. The minimum atomic E-state index is -0.228. The summed E-state index contributed by atoms with van der Waals surface area (Å²) in [5.74, 6) is -0.228. The number of hydrogen-bond acceptors (Lipinski definition) is 2. The quantitative estimate of drug-likeness (QED) is 0.505. The van der Waals surface area contributed by atoms with E-state index >= 15 is 0 Å². The van der Waals surface area contributed by atoms with Crippen LogP contribution >= 0.6 is 0 Å². The second-order valence-electron chi connectivity index (χ2n) is 5.94. The molecule has 3 aromatic carbocycles. The van der Waals surface area contributed by atoms with E-state index in [-0.39, 0.29) is 5.91 Å². The molecule has 26 heavy (non-hydrogen) atoms. The third kappa shape index (κ3) is 4.77. The van der Waals surface area contributed by atoms with Crippen LogP contribution in [0.25, 0.3) is 17.2 Å². The summed E-state index contributed by atoms with van der Waals surface area (Å²) in [4.78, 5) is 12.2. The number of hydrogen-bond donors (Lipinski definition) is 1. The smallest absolute Gasteiger partial charge is 0.267 e. The van der Waals surface area contributed by atoms with Crippen LogP contribution in [0, 0.1) is 0 Å². The van der Waals surface area contributed by atoms with Crippen molar-refractivity contribution in [1.82, 2.24) is 5.43 Å². The fraction of sp³-hybridized carbons (Fsp3) is 0.0435. The largest absolute Gasteiger partial charge is 0.271 e. The third-order valence-electron chi connectivity index (χ3n) is 3.88. The molecule has 3 rings (SSSR count). The van der Waals surface area contributed by atoms with Gasteiger partial charge in [0.05, 0.1) is 6.21 Å². The molecule has 0 saturated carbocycles. The van der Waals surface area contributed by atoms with Crippen LogP contribution in [0.5, 0.6) is 0 Å². The molecule has 1 N–H and O–H groups in total. The Bertz CT molecular complexity index is 911. The van der Waals surface area contributed by atoms with Crippen molar-refractivity contribution < 1.29 is 4.79 Å². The lowest BCUT2D eigenvalue weighted by atomic mass is 10.0. The highest BCUT2D eigenvalue weighted by molar-refractivity contribution is 5.95. The van der Waals surface area contributed by atoms with Gasteiger partial charge in [-0.05, 0) is 41.3 Å². The fourth-order valence-corrected chi connectivity index (χ4v) is 2.55. The van der Waals surface area contributed by atoms with Crippen LogP contribution in [-0.2, 0) is 0 Å². The number of carbonyl (C=O) groups excluding carboxylic acids is 1. The second kappa shape index (κ2) is 8.58. The zero-order chi connectivity index (χ0) is 18.2. The van der Waals surface area contributed by atoms with Crippen LogP contribution in [0.15, 0.2) is 95.6 Å². The number of rotatable bonds is 5. The maximum absolute atomic E-state index is 12.2. The van der Waals surface area contributed by atoms with Crippen LogP contribution in [-0.4, -0.2) is 12.1 Å². The molecular formula is C23H20N2O. The Morgan fingerprint density at radius 1 is 0.808 bits per heavy atom. The Morgan fingerprint density at radius 3 is 2.04 bits per heavy atom. The average Bonchev–Trinajstić information content (AvgIpc) is 2.69. The number of nitrogens with zero attached hydrogens (tertiary/aromatic N) is 1. The minimum Gasteiger partial charge on any atom is -0.267 e. The van der Waals surface area contributed by atoms with Crippen LogP contribution < -0.4 is 5.43 Å². The van der Waals surface area contributed by atoms with E-state index in [9.17, 15) is 4.79 Å². The van der Waals surface area contributed by atoms with Gasteiger partial charge in [0.1, 0.15) is 0 Å². The maximum atomic E-state index is 12.2. The molecular weight excluding hydrogens is 320 g/mol. The number of carbonyl (C=O) groups is 1. The molecule has 128 valence electrons. The van der Waals surface area contributed by atoms with Crippen LogP contribution in [0.1, 0.15) is 22.8 Å². The van der Waals surface area contributed by atoms with Gasteiger partial charge in [0.25, 0.3) is 5.91 Å². The van der Waals surface area contributed by atoms with Crippen molar-refractivity contribution in [3.8, 4) is 11.1 Å². The summed E-state index contributed by atoms with van der Waals surface area (Å²) < 4.78 is 0. The van der Waals surface area contributed by atoms with Gasteiger partial charge in [-0.25, -0.2) is 5.43 Å². The molecule has 0 aliphatic rings. The summed E-state index contributed by atoms with van der Waals surface area (Å²) in [7, 11) is 0. The highest BCUT2D eigenvalue weighted by Crippen LogP contribution is 2.19. The van der Waals surface area contributed by atoms with Crippen molar-refractivity contribution in [2.24, 2.45) is 5.10 Å². The Labute approximate surface area is 153 Å². The molecule has 3 nitrogen and oxygen atoms in total. The summed E-state index contributed by atoms with van der Waals surface area (Å²) in [5, 5.41) is 4.03. The molecule has 3 aromatic rings. The number of nitrogens with one attached hydrogen (secondary N) is 1. The van der Waals surface area contributed by atoms with E-state index in [2.05, 4.69) is 10.5 Å². The van der Waals surface area contributed by atoms with Crippen LogP contribution in [0.3, 0.4) is 0 Å². The van der Waals surface area contributed by atoms with Crippen molar-refractivity contribution in [3.63, 3.8) is 0 Å². The Kier molecular flexibility index (Phi) is 5.73. The minimum absolute atomic E-state index is 0.228. The van der Waals surface area contributed by atoms with Crippen molar-refractivity contribution in [2.75, 3.05) is 0 Å². The molecule has 0 heterocycles. The van der Waals surface area contributed by atoms with Gasteiger partial charge in [-0.1, -0.05) is 78.9 Å². The molecule has 0 aliphatic heterocycles. The Balaban J connectivity index is 1.60. The summed E-state index contributed by atoms with van der Waals surface area (Å²) in [6, 6.07) is 27.5. The van der Waals surface area contributed by atoms with E-state index < -0.39 is 0 Å². The summed E-state index contributed by atoms with van der Waals surface area (Å²) in [6.45, 7) is 1.94. The average molecular weight is 340 g/mol. The number of hydrazone groups is 1. The van der Waals surface area contributed by atoms with Gasteiger partial charge >= 0.3 is 0 Å². The van der Waals surface area contributed by atoms with Crippen molar-refractivity contribution >= 4 is 18.2 Å². The zero-order valence-electron chi connectivity index (χ0n) is 14.6. The summed E-state index contributed by atoms with van der Waals surface area (Å²) in [6.07, 6.45) is 3.65. The van der Waals surface area contributed by atoms with Gasteiger partial charge in [-0.3, -0.25) is 4.79 Å². The molecule has 0 saturated heterocycles. The number of allylic oxidation sites excluding steroid dienone is 1. The second-order valence-corrected chi connectivity index (χ2v) is 5.94. The molecule has 0 radical (unpaired) electrons. The van der Waals surface area contributed by atoms with Gasteiger partial charge in [-0.2, -0.15) is 5.10 Å². The number of benzene rings is 3. The van der Waals surface area contributed by atoms with E-state index in [0.717, 1.165) is 22.3 Å². The topological polar surface area (TPSA) is 41.5 Å². The van der Waals surface area contributed by atoms with Crippen LogP contribution in [0.2, 0.25) is 0 Å². The lowest BCUT2D eigenvalue weighted by Crippen LogP contribution is -2.17. The van der Waals surface area contributed by atoms with Gasteiger partial charge < -0.3 is 0 Å². The van der Waals surface area contributed by atoms with Crippen molar-refractivity contribution in [1.29, 1.82) is 0 Å². The highest BCUT2D eigenvalue weighted by Gasteiger charge is 2.04. The van der Waals surface area contributed by atoms with Crippen LogP contribution in [0.4, 0.5) is 0 Å². The zero-order valence-corrected chi connectivity index (χ0v) is 14.6. The van der Waals surface area contributed by atoms with E-state index in [0.29, 0.717) is 5.56 Å². The molecule has 0 aromatic heterocycles. The SMILES string of the molecule is CC(C=NNC(=O)c1ccc(-c2ccccc2)cc1)=Cc1ccccc1. The predicted octanol–water partition coefficient (Wildman–Crippen LogP) is 5.17. The molecule has 3 heteroatoms.